The number of carbonyl (C=O) groups excluding carboxylic acids is 2. The van der Waals surface area contributed by atoms with Crippen LogP contribution in [0.25, 0.3) is 0 Å². The maximum atomic E-state index is 12.8. The molecule has 0 radical (unpaired) electrons. The highest BCUT2D eigenvalue weighted by Gasteiger charge is 2.27. The predicted octanol–water partition coefficient (Wildman–Crippen LogP) is 3.40. The average molecular weight is 384 g/mol. The van der Waals surface area contributed by atoms with E-state index in [1.54, 1.807) is 21.0 Å². The second-order valence-electron chi connectivity index (χ2n) is 6.37. The van der Waals surface area contributed by atoms with Crippen LogP contribution in [0, 0.1) is 0 Å². The highest BCUT2D eigenvalue weighted by atomic mass is 16.5. The lowest BCUT2D eigenvalue weighted by molar-refractivity contribution is -0.148. The van der Waals surface area contributed by atoms with E-state index in [9.17, 15) is 9.59 Å². The smallest absolute Gasteiger partial charge is 0.328 e. The van der Waals surface area contributed by atoms with Crippen LogP contribution in [0.1, 0.15) is 25.0 Å². The van der Waals surface area contributed by atoms with Crippen molar-refractivity contribution < 1.29 is 19.1 Å². The minimum Gasteiger partial charge on any atom is -0.497 e. The molecule has 1 unspecified atom stereocenters. The quantitative estimate of drug-likeness (QED) is 0.673. The fourth-order valence-electron chi connectivity index (χ4n) is 2.76. The van der Waals surface area contributed by atoms with Crippen molar-refractivity contribution in [2.24, 2.45) is 0 Å². The molecule has 6 heteroatoms. The molecule has 0 saturated heterocycles. The van der Waals surface area contributed by atoms with Crippen LogP contribution >= 0.6 is 0 Å². The molecule has 0 fully saturated rings. The number of urea groups is 1. The van der Waals surface area contributed by atoms with Crippen molar-refractivity contribution in [1.29, 1.82) is 0 Å². The molecule has 2 amide bonds. The molecule has 2 rings (SSSR count). The van der Waals surface area contributed by atoms with Crippen molar-refractivity contribution in [2.45, 2.75) is 32.9 Å². The first-order valence-electron chi connectivity index (χ1n) is 9.43. The van der Waals surface area contributed by atoms with Crippen LogP contribution in [-0.2, 0) is 22.5 Å². The van der Waals surface area contributed by atoms with Crippen LogP contribution in [0.2, 0.25) is 0 Å². The van der Waals surface area contributed by atoms with Gasteiger partial charge in [0.1, 0.15) is 11.8 Å². The summed E-state index contributed by atoms with van der Waals surface area (Å²) in [7, 11) is 1.63. The van der Waals surface area contributed by atoms with Crippen LogP contribution < -0.4 is 10.1 Å². The molecule has 0 saturated carbocycles. The Bertz CT molecular complexity index is 747. The van der Waals surface area contributed by atoms with Crippen molar-refractivity contribution in [1.82, 2.24) is 10.2 Å². The Morgan fingerprint density at radius 2 is 1.71 bits per heavy atom. The number of benzene rings is 2. The molecule has 0 aliphatic heterocycles. The van der Waals surface area contributed by atoms with Gasteiger partial charge in [-0.3, -0.25) is 0 Å². The molecule has 28 heavy (non-hydrogen) atoms. The number of esters is 1. The van der Waals surface area contributed by atoms with Crippen molar-refractivity contribution in [3.05, 3.63) is 65.7 Å². The van der Waals surface area contributed by atoms with Crippen LogP contribution in [0.15, 0.2) is 54.6 Å². The normalized spacial score (nSPS) is 11.4. The SMILES string of the molecule is CCOC(=O)C(C)N(Cc1ccccc1)C(=O)NCCc1ccc(OC)cc1. The third-order valence-electron chi connectivity index (χ3n) is 4.40. The fourth-order valence-corrected chi connectivity index (χ4v) is 2.76. The summed E-state index contributed by atoms with van der Waals surface area (Å²) in [5.41, 5.74) is 2.04. The van der Waals surface area contributed by atoms with E-state index in [0.717, 1.165) is 16.9 Å². The van der Waals surface area contributed by atoms with E-state index in [1.807, 2.05) is 54.6 Å². The number of nitrogens with zero attached hydrogens (tertiary/aromatic N) is 1. The zero-order valence-electron chi connectivity index (χ0n) is 16.7. The number of methoxy groups -OCH3 is 1. The molecule has 0 aliphatic carbocycles. The fraction of sp³-hybridized carbons (Fsp3) is 0.364. The van der Waals surface area contributed by atoms with Gasteiger partial charge in [-0.1, -0.05) is 42.5 Å². The maximum Gasteiger partial charge on any atom is 0.328 e. The largest absolute Gasteiger partial charge is 0.497 e. The van der Waals surface area contributed by atoms with Crippen molar-refractivity contribution in [3.8, 4) is 5.75 Å². The Morgan fingerprint density at radius 3 is 2.32 bits per heavy atom. The Kier molecular flexibility index (Phi) is 8.34. The third kappa shape index (κ3) is 6.30. The van der Waals surface area contributed by atoms with E-state index in [-0.39, 0.29) is 12.6 Å². The second kappa shape index (κ2) is 11.0. The number of carbonyl (C=O) groups is 2. The zero-order valence-corrected chi connectivity index (χ0v) is 16.7. The minimum atomic E-state index is -0.679. The molecular formula is C22H28N2O4. The summed E-state index contributed by atoms with van der Waals surface area (Å²) in [6.07, 6.45) is 0.683. The Balaban J connectivity index is 1.99. The van der Waals surface area contributed by atoms with Gasteiger partial charge in [0.05, 0.1) is 13.7 Å². The van der Waals surface area contributed by atoms with Gasteiger partial charge in [0, 0.05) is 13.1 Å². The highest BCUT2D eigenvalue weighted by Crippen LogP contribution is 2.12. The highest BCUT2D eigenvalue weighted by molar-refractivity contribution is 5.83. The van der Waals surface area contributed by atoms with E-state index < -0.39 is 12.0 Å². The van der Waals surface area contributed by atoms with E-state index in [4.69, 9.17) is 9.47 Å². The van der Waals surface area contributed by atoms with Crippen LogP contribution in [0.4, 0.5) is 4.79 Å². The van der Waals surface area contributed by atoms with Gasteiger partial charge < -0.3 is 19.7 Å². The lowest BCUT2D eigenvalue weighted by Crippen LogP contribution is -2.48. The summed E-state index contributed by atoms with van der Waals surface area (Å²) in [4.78, 5) is 26.5. The van der Waals surface area contributed by atoms with Crippen molar-refractivity contribution >= 4 is 12.0 Å². The summed E-state index contributed by atoms with van der Waals surface area (Å²) in [5, 5.41) is 2.91. The molecule has 0 spiro atoms. The molecule has 1 atom stereocenters. The van der Waals surface area contributed by atoms with Gasteiger partial charge in [0.2, 0.25) is 0 Å². The van der Waals surface area contributed by atoms with E-state index in [2.05, 4.69) is 5.32 Å². The minimum absolute atomic E-state index is 0.279. The first-order valence-corrected chi connectivity index (χ1v) is 9.43. The van der Waals surface area contributed by atoms with Gasteiger partial charge in [-0.2, -0.15) is 0 Å². The van der Waals surface area contributed by atoms with Gasteiger partial charge in [-0.15, -0.1) is 0 Å². The van der Waals surface area contributed by atoms with Crippen LogP contribution in [0.5, 0.6) is 5.75 Å². The Hall–Kier alpha value is -3.02. The number of hydrogen-bond donors (Lipinski definition) is 1. The summed E-state index contributed by atoms with van der Waals surface area (Å²) < 4.78 is 10.2. The zero-order chi connectivity index (χ0) is 20.4. The van der Waals surface area contributed by atoms with Crippen LogP contribution in [-0.4, -0.2) is 43.2 Å². The molecule has 2 aromatic rings. The predicted molar refractivity (Wildman–Crippen MR) is 108 cm³/mol. The molecule has 1 N–H and O–H groups in total. The Morgan fingerprint density at radius 1 is 1.04 bits per heavy atom. The van der Waals surface area contributed by atoms with Crippen molar-refractivity contribution in [2.75, 3.05) is 20.3 Å². The summed E-state index contributed by atoms with van der Waals surface area (Å²) in [5.74, 6) is 0.383. The third-order valence-corrected chi connectivity index (χ3v) is 4.40. The standard InChI is InChI=1S/C22H28N2O4/c1-4-28-21(25)17(2)24(16-19-8-6-5-7-9-19)22(26)23-15-14-18-10-12-20(27-3)13-11-18/h5-13,17H,4,14-16H2,1-3H3,(H,23,26). The first-order chi connectivity index (χ1) is 13.5. The van der Waals surface area contributed by atoms with E-state index >= 15 is 0 Å². The van der Waals surface area contributed by atoms with Gasteiger partial charge in [-0.25, -0.2) is 9.59 Å². The molecule has 0 bridgehead atoms. The molecule has 0 aromatic heterocycles. The molecular weight excluding hydrogens is 356 g/mol. The topological polar surface area (TPSA) is 67.9 Å². The van der Waals surface area contributed by atoms with E-state index in [0.29, 0.717) is 19.5 Å². The Labute approximate surface area is 166 Å². The summed E-state index contributed by atoms with van der Waals surface area (Å²) in [6, 6.07) is 16.3. The monoisotopic (exact) mass is 384 g/mol. The molecule has 0 aliphatic rings. The molecule has 150 valence electrons. The number of nitrogens with one attached hydrogen (secondary N) is 1. The second-order valence-corrected chi connectivity index (χ2v) is 6.37. The van der Waals surface area contributed by atoms with E-state index in [1.165, 1.54) is 4.90 Å². The molecule has 6 nitrogen and oxygen atoms in total. The van der Waals surface area contributed by atoms with Crippen LogP contribution in [0.3, 0.4) is 0 Å². The number of hydrogen-bond acceptors (Lipinski definition) is 4. The van der Waals surface area contributed by atoms with Gasteiger partial charge >= 0.3 is 12.0 Å². The van der Waals surface area contributed by atoms with Gasteiger partial charge in [0.25, 0.3) is 0 Å². The first kappa shape index (κ1) is 21.3. The average Bonchev–Trinajstić information content (AvgIpc) is 2.73. The number of amides is 2. The maximum absolute atomic E-state index is 12.8. The summed E-state index contributed by atoms with van der Waals surface area (Å²) in [6.45, 7) is 4.51. The molecule has 0 heterocycles. The van der Waals surface area contributed by atoms with Crippen molar-refractivity contribution in [3.63, 3.8) is 0 Å². The number of rotatable bonds is 9. The lowest BCUT2D eigenvalue weighted by atomic mass is 10.1. The number of ether oxygens (including phenoxy) is 2. The van der Waals surface area contributed by atoms with Gasteiger partial charge in [0.15, 0.2) is 0 Å². The molecule has 2 aromatic carbocycles. The summed E-state index contributed by atoms with van der Waals surface area (Å²) >= 11 is 0. The lowest BCUT2D eigenvalue weighted by Gasteiger charge is -2.28. The van der Waals surface area contributed by atoms with Gasteiger partial charge in [-0.05, 0) is 43.5 Å².